The summed E-state index contributed by atoms with van der Waals surface area (Å²) >= 11 is 0. The first-order valence-electron chi connectivity index (χ1n) is 14.1. The quantitative estimate of drug-likeness (QED) is 0.204. The van der Waals surface area contributed by atoms with Crippen molar-refractivity contribution >= 4 is 27.6 Å². The van der Waals surface area contributed by atoms with E-state index in [0.29, 0.717) is 23.3 Å². The van der Waals surface area contributed by atoms with Crippen LogP contribution >= 0.6 is 0 Å². The number of carbonyl (C=O) groups is 1. The molecule has 7 heteroatoms. The molecule has 2 atom stereocenters. The lowest BCUT2D eigenvalue weighted by Crippen LogP contribution is -2.60. The number of aromatic amines is 1. The van der Waals surface area contributed by atoms with E-state index >= 15 is 0 Å². The van der Waals surface area contributed by atoms with Crippen LogP contribution in [0.1, 0.15) is 37.5 Å². The number of hydrogen-bond acceptors (Lipinski definition) is 5. The number of aromatic nitrogens is 1. The molecule has 0 aliphatic heterocycles. The van der Waals surface area contributed by atoms with Crippen molar-refractivity contribution in [2.45, 2.75) is 44.4 Å². The number of H-pyrrole nitrogens is 1. The Morgan fingerprint density at radius 2 is 1.64 bits per heavy atom. The molecule has 5 aromatic rings. The van der Waals surface area contributed by atoms with Crippen LogP contribution in [-0.4, -0.2) is 45.7 Å². The molecule has 0 aliphatic rings. The molecule has 214 valence electrons. The number of carbonyl (C=O) groups excluding carboxylic acids is 1. The first kappa shape index (κ1) is 28.9. The maximum Gasteiger partial charge on any atom is 0.247 e. The first-order valence-corrected chi connectivity index (χ1v) is 14.1. The summed E-state index contributed by atoms with van der Waals surface area (Å²) in [6, 6.07) is 30.7. The van der Waals surface area contributed by atoms with Crippen LogP contribution in [0.3, 0.4) is 0 Å². The molecule has 42 heavy (non-hydrogen) atoms. The van der Waals surface area contributed by atoms with Gasteiger partial charge < -0.3 is 25.5 Å². The van der Waals surface area contributed by atoms with Crippen LogP contribution in [0, 0.1) is 11.3 Å². The van der Waals surface area contributed by atoms with Crippen LogP contribution in [0.15, 0.2) is 97.2 Å². The minimum Gasteiger partial charge on any atom is -0.489 e. The number of hydrogen-bond donors (Lipinski definition) is 3. The van der Waals surface area contributed by atoms with Gasteiger partial charge in [-0.25, -0.2) is 0 Å². The summed E-state index contributed by atoms with van der Waals surface area (Å²) in [4.78, 5) is 19.6. The number of nitriles is 1. The summed E-state index contributed by atoms with van der Waals surface area (Å²) in [5, 5.41) is 23.6. The Balaban J connectivity index is 1.48. The van der Waals surface area contributed by atoms with E-state index in [9.17, 15) is 15.2 Å². The van der Waals surface area contributed by atoms with Gasteiger partial charge in [0, 0.05) is 22.6 Å². The van der Waals surface area contributed by atoms with Crippen LogP contribution in [0.2, 0.25) is 0 Å². The second kappa shape index (κ2) is 11.7. The second-order valence-corrected chi connectivity index (χ2v) is 11.6. The van der Waals surface area contributed by atoms with Crippen LogP contribution in [-0.2, 0) is 16.8 Å². The van der Waals surface area contributed by atoms with Gasteiger partial charge in [0.05, 0.1) is 12.1 Å². The lowest BCUT2D eigenvalue weighted by Gasteiger charge is -2.44. The van der Waals surface area contributed by atoms with Gasteiger partial charge in [0.2, 0.25) is 5.91 Å². The van der Waals surface area contributed by atoms with Gasteiger partial charge in [0.15, 0.2) is 0 Å². The molecule has 0 radical (unpaired) electrons. The van der Waals surface area contributed by atoms with Gasteiger partial charge in [-0.05, 0) is 67.3 Å². The molecule has 1 heterocycles. The highest BCUT2D eigenvalue weighted by Gasteiger charge is 2.42. The van der Waals surface area contributed by atoms with Crippen molar-refractivity contribution in [3.8, 4) is 11.8 Å². The minimum atomic E-state index is -1.38. The van der Waals surface area contributed by atoms with Crippen molar-refractivity contribution in [1.82, 2.24) is 9.88 Å². The summed E-state index contributed by atoms with van der Waals surface area (Å²) in [5.41, 5.74) is 7.99. The number of β-amino-alcohol motifs (C(OH)–C–C–N with tert-alkyl or cyclic N) is 1. The van der Waals surface area contributed by atoms with Gasteiger partial charge in [-0.15, -0.1) is 0 Å². The number of aliphatic hydroxyl groups excluding tert-OH is 1. The van der Waals surface area contributed by atoms with Crippen molar-refractivity contribution in [3.63, 3.8) is 0 Å². The van der Waals surface area contributed by atoms with Crippen molar-refractivity contribution < 1.29 is 14.6 Å². The average molecular weight is 561 g/mol. The van der Waals surface area contributed by atoms with Crippen LogP contribution < -0.4 is 10.5 Å². The topological polar surface area (TPSA) is 115 Å². The molecule has 4 aromatic carbocycles. The normalized spacial score (nSPS) is 13.8. The molecule has 1 amide bonds. The smallest absolute Gasteiger partial charge is 0.247 e. The molecule has 0 bridgehead atoms. The van der Waals surface area contributed by atoms with Gasteiger partial charge in [-0.2, -0.15) is 5.26 Å². The van der Waals surface area contributed by atoms with E-state index < -0.39 is 17.2 Å². The average Bonchev–Trinajstić information content (AvgIpc) is 3.40. The Hall–Kier alpha value is -4.64. The number of fused-ring (bicyclic) bond motifs is 2. The predicted octanol–water partition coefficient (Wildman–Crippen LogP) is 5.66. The van der Waals surface area contributed by atoms with E-state index in [-0.39, 0.29) is 19.1 Å². The third-order valence-corrected chi connectivity index (χ3v) is 7.90. The fourth-order valence-corrected chi connectivity index (χ4v) is 5.65. The monoisotopic (exact) mass is 560 g/mol. The molecule has 0 aliphatic carbocycles. The molecule has 0 fully saturated rings. The SMILES string of the molecule is CC(N)(C(=O)N(CC(O)COc1ccccc1C#N)C(C)(C)Cc1c[nH]c2ccccc12)c1cccc2ccccc12. The molecule has 4 N–H and O–H groups in total. The first-order chi connectivity index (χ1) is 20.1. The number of benzene rings is 4. The van der Waals surface area contributed by atoms with E-state index in [1.165, 1.54) is 0 Å². The summed E-state index contributed by atoms with van der Waals surface area (Å²) < 4.78 is 5.83. The van der Waals surface area contributed by atoms with E-state index in [2.05, 4.69) is 17.1 Å². The highest BCUT2D eigenvalue weighted by Crippen LogP contribution is 2.33. The zero-order valence-electron chi connectivity index (χ0n) is 24.2. The largest absolute Gasteiger partial charge is 0.489 e. The lowest BCUT2D eigenvalue weighted by atomic mass is 9.84. The number of para-hydroxylation sites is 2. The highest BCUT2D eigenvalue weighted by atomic mass is 16.5. The number of nitrogens with two attached hydrogens (primary N) is 1. The summed E-state index contributed by atoms with van der Waals surface area (Å²) in [6.45, 7) is 5.61. The Morgan fingerprint density at radius 3 is 2.43 bits per heavy atom. The maximum atomic E-state index is 14.6. The predicted molar refractivity (Wildman–Crippen MR) is 166 cm³/mol. The Labute approximate surface area is 246 Å². The fraction of sp³-hybridized carbons (Fsp3) is 0.257. The number of aliphatic hydroxyl groups is 1. The van der Waals surface area contributed by atoms with Gasteiger partial charge >= 0.3 is 0 Å². The number of nitrogens with zero attached hydrogens (tertiary/aromatic N) is 2. The highest BCUT2D eigenvalue weighted by molar-refractivity contribution is 5.95. The van der Waals surface area contributed by atoms with Gasteiger partial charge in [-0.1, -0.05) is 72.8 Å². The molecule has 7 nitrogen and oxygen atoms in total. The van der Waals surface area contributed by atoms with Crippen molar-refractivity contribution in [2.24, 2.45) is 5.73 Å². The summed E-state index contributed by atoms with van der Waals surface area (Å²) in [6.07, 6.45) is 1.46. The van der Waals surface area contributed by atoms with Crippen molar-refractivity contribution in [1.29, 1.82) is 5.26 Å². The van der Waals surface area contributed by atoms with Crippen LogP contribution in [0.5, 0.6) is 5.75 Å². The molecule has 5 rings (SSSR count). The van der Waals surface area contributed by atoms with Gasteiger partial charge in [0.25, 0.3) is 0 Å². The minimum absolute atomic E-state index is 0.0134. The lowest BCUT2D eigenvalue weighted by molar-refractivity contribution is -0.144. The zero-order chi connectivity index (χ0) is 29.9. The third-order valence-electron chi connectivity index (χ3n) is 7.90. The van der Waals surface area contributed by atoms with Gasteiger partial charge in [-0.3, -0.25) is 4.79 Å². The number of rotatable bonds is 10. The van der Waals surface area contributed by atoms with Gasteiger partial charge in [0.1, 0.15) is 30.1 Å². The van der Waals surface area contributed by atoms with E-state index in [4.69, 9.17) is 10.5 Å². The Morgan fingerprint density at radius 1 is 0.976 bits per heavy atom. The van der Waals surface area contributed by atoms with Crippen LogP contribution in [0.25, 0.3) is 21.7 Å². The molecule has 0 saturated carbocycles. The molecule has 2 unspecified atom stereocenters. The van der Waals surface area contributed by atoms with E-state index in [0.717, 1.165) is 27.2 Å². The second-order valence-electron chi connectivity index (χ2n) is 11.6. The Bertz CT molecular complexity index is 1760. The summed E-state index contributed by atoms with van der Waals surface area (Å²) in [5.74, 6) is 0.0783. The molecular formula is C35H36N4O3. The standard InChI is InChI=1S/C35H36N4O3/c1-34(2,19-26-21-38-31-17-8-7-15-29(26)31)39(22-27(40)23-42-32-18-9-5-12-25(32)20-36)33(41)35(3,37)30-16-10-13-24-11-4-6-14-28(24)30/h4-18,21,27,38,40H,19,22-23,37H2,1-3H3. The van der Waals surface area contributed by atoms with E-state index in [1.807, 2.05) is 80.7 Å². The summed E-state index contributed by atoms with van der Waals surface area (Å²) in [7, 11) is 0. The number of nitrogens with one attached hydrogen (secondary N) is 1. The van der Waals surface area contributed by atoms with Crippen molar-refractivity contribution in [2.75, 3.05) is 13.2 Å². The zero-order valence-corrected chi connectivity index (χ0v) is 24.2. The van der Waals surface area contributed by atoms with E-state index in [1.54, 1.807) is 36.1 Å². The fourth-order valence-electron chi connectivity index (χ4n) is 5.65. The molecular weight excluding hydrogens is 524 g/mol. The van der Waals surface area contributed by atoms with Crippen molar-refractivity contribution in [3.05, 3.63) is 114 Å². The van der Waals surface area contributed by atoms with Crippen LogP contribution in [0.4, 0.5) is 0 Å². The number of amides is 1. The molecule has 1 aromatic heterocycles. The maximum absolute atomic E-state index is 14.6. The molecule has 0 spiro atoms. The Kier molecular flexibility index (Phi) is 8.04. The number of ether oxygens (including phenoxy) is 1. The third kappa shape index (κ3) is 5.73. The molecule has 0 saturated heterocycles.